The molecule has 0 spiro atoms. The lowest BCUT2D eigenvalue weighted by molar-refractivity contribution is -0.114. The molecule has 7 nitrogen and oxygen atoms in total. The highest BCUT2D eigenvalue weighted by Crippen LogP contribution is 2.36. The van der Waals surface area contributed by atoms with E-state index in [1.807, 2.05) is 24.3 Å². The molecule has 0 unspecified atom stereocenters. The molecule has 1 heterocycles. The summed E-state index contributed by atoms with van der Waals surface area (Å²) in [5.41, 5.74) is 15.2. The van der Waals surface area contributed by atoms with Crippen LogP contribution in [-0.4, -0.2) is 30.4 Å². The lowest BCUT2D eigenvalue weighted by Gasteiger charge is -2.15. The van der Waals surface area contributed by atoms with Gasteiger partial charge in [-0.1, -0.05) is 24.8 Å². The van der Waals surface area contributed by atoms with Crippen molar-refractivity contribution in [1.82, 2.24) is 4.90 Å². The topological polar surface area (TPSA) is 122 Å². The number of nitrogens with two attached hydrogens (primary N) is 2. The van der Waals surface area contributed by atoms with Crippen molar-refractivity contribution in [2.75, 3.05) is 19.4 Å². The summed E-state index contributed by atoms with van der Waals surface area (Å²) in [7, 11) is 1.50. The molecule has 1 aliphatic rings. The molecule has 31 heavy (non-hydrogen) atoms. The van der Waals surface area contributed by atoms with Crippen LogP contribution in [0.1, 0.15) is 21.5 Å². The highest BCUT2D eigenvalue weighted by atomic mass is 16.5. The highest BCUT2D eigenvalue weighted by molar-refractivity contribution is 6.05. The monoisotopic (exact) mass is 412 g/mol. The van der Waals surface area contributed by atoms with Gasteiger partial charge in [0.15, 0.2) is 0 Å². The van der Waals surface area contributed by atoms with Crippen LogP contribution in [0.5, 0.6) is 5.75 Å². The number of rotatable bonds is 5. The zero-order valence-corrected chi connectivity index (χ0v) is 16.9. The van der Waals surface area contributed by atoms with Crippen LogP contribution in [0, 0.1) is 11.3 Å². The van der Waals surface area contributed by atoms with E-state index in [9.17, 15) is 14.9 Å². The molecule has 0 bridgehead atoms. The van der Waals surface area contributed by atoms with E-state index in [-0.39, 0.29) is 18.0 Å². The number of nitrogen functional groups attached to an aromatic ring is 1. The second-order valence-electron chi connectivity index (χ2n) is 7.41. The van der Waals surface area contributed by atoms with Crippen LogP contribution in [-0.2, 0) is 11.3 Å². The number of hydrogen-bond donors (Lipinski definition) is 2. The van der Waals surface area contributed by atoms with E-state index in [4.69, 9.17) is 16.2 Å². The fraction of sp³-hybridized carbons (Fsp3) is 0.125. The summed E-state index contributed by atoms with van der Waals surface area (Å²) in [6.45, 7) is 4.10. The summed E-state index contributed by atoms with van der Waals surface area (Å²) in [5.74, 6) is -0.356. The van der Waals surface area contributed by atoms with Crippen molar-refractivity contribution in [3.05, 3.63) is 71.3 Å². The first-order valence-corrected chi connectivity index (χ1v) is 9.54. The van der Waals surface area contributed by atoms with Gasteiger partial charge in [0.05, 0.1) is 24.9 Å². The molecule has 4 rings (SSSR count). The molecule has 0 saturated heterocycles. The van der Waals surface area contributed by atoms with Crippen molar-refractivity contribution in [1.29, 1.82) is 5.26 Å². The van der Waals surface area contributed by atoms with Crippen molar-refractivity contribution in [3.8, 4) is 22.9 Å². The molecule has 7 heteroatoms. The van der Waals surface area contributed by atoms with Crippen molar-refractivity contribution in [2.45, 2.75) is 6.54 Å². The number of anilines is 1. The van der Waals surface area contributed by atoms with Gasteiger partial charge in [0, 0.05) is 17.7 Å². The molecule has 0 fully saturated rings. The minimum absolute atomic E-state index is 0.0880. The molecule has 0 saturated carbocycles. The summed E-state index contributed by atoms with van der Waals surface area (Å²) >= 11 is 0. The van der Waals surface area contributed by atoms with Crippen LogP contribution in [0.2, 0.25) is 0 Å². The number of carbonyl (C=O) groups excluding carboxylic acids is 2. The fourth-order valence-corrected chi connectivity index (χ4v) is 3.86. The van der Waals surface area contributed by atoms with Crippen LogP contribution in [0.25, 0.3) is 21.9 Å². The number of methoxy groups -OCH3 is 1. The summed E-state index contributed by atoms with van der Waals surface area (Å²) in [5, 5.41) is 11.3. The highest BCUT2D eigenvalue weighted by Gasteiger charge is 2.29. The first-order valence-electron chi connectivity index (χ1n) is 9.54. The zero-order chi connectivity index (χ0) is 22.3. The van der Waals surface area contributed by atoms with Crippen molar-refractivity contribution < 1.29 is 14.3 Å². The van der Waals surface area contributed by atoms with E-state index in [0.717, 1.165) is 27.5 Å². The Kier molecular flexibility index (Phi) is 4.84. The van der Waals surface area contributed by atoms with Crippen LogP contribution < -0.4 is 16.2 Å². The molecule has 2 amide bonds. The Morgan fingerprint density at radius 2 is 1.97 bits per heavy atom. The Balaban J connectivity index is 1.81. The van der Waals surface area contributed by atoms with Gasteiger partial charge in [-0.05, 0) is 51.7 Å². The smallest absolute Gasteiger partial charge is 0.254 e. The SMILES string of the molecule is C=C(CN1Cc2c(ccc3ccc(-c4cc(C#N)c(N)c(OC)c4)cc23)C1=O)C(N)=O. The van der Waals surface area contributed by atoms with Crippen molar-refractivity contribution in [2.24, 2.45) is 5.73 Å². The van der Waals surface area contributed by atoms with Crippen LogP contribution >= 0.6 is 0 Å². The summed E-state index contributed by atoms with van der Waals surface area (Å²) in [4.78, 5) is 25.7. The number of amides is 2. The number of hydrogen-bond acceptors (Lipinski definition) is 5. The Hall–Kier alpha value is -4.31. The normalized spacial score (nSPS) is 12.5. The summed E-state index contributed by atoms with van der Waals surface area (Å²) in [6, 6.07) is 15.2. The Bertz CT molecular complexity index is 1320. The van der Waals surface area contributed by atoms with E-state index in [2.05, 4.69) is 12.6 Å². The Labute approximate surface area is 179 Å². The maximum absolute atomic E-state index is 12.8. The predicted octanol–water partition coefficient (Wildman–Crippen LogP) is 2.97. The third-order valence-corrected chi connectivity index (χ3v) is 5.55. The van der Waals surface area contributed by atoms with Gasteiger partial charge < -0.3 is 21.1 Å². The zero-order valence-electron chi connectivity index (χ0n) is 16.9. The molecule has 3 aromatic rings. The van der Waals surface area contributed by atoms with E-state index < -0.39 is 5.91 Å². The van der Waals surface area contributed by atoms with Gasteiger partial charge in [-0.3, -0.25) is 9.59 Å². The third kappa shape index (κ3) is 3.34. The molecule has 154 valence electrons. The van der Waals surface area contributed by atoms with Gasteiger partial charge >= 0.3 is 0 Å². The Morgan fingerprint density at radius 1 is 1.23 bits per heavy atom. The average molecular weight is 412 g/mol. The van der Waals surface area contributed by atoms with E-state index in [1.54, 1.807) is 23.1 Å². The fourth-order valence-electron chi connectivity index (χ4n) is 3.86. The molecular weight excluding hydrogens is 392 g/mol. The maximum Gasteiger partial charge on any atom is 0.254 e. The summed E-state index contributed by atoms with van der Waals surface area (Å²) in [6.07, 6.45) is 0. The predicted molar refractivity (Wildman–Crippen MR) is 118 cm³/mol. The molecule has 0 aromatic heterocycles. The van der Waals surface area contributed by atoms with Gasteiger partial charge in [-0.15, -0.1) is 0 Å². The molecule has 0 atom stereocenters. The average Bonchev–Trinajstić information content (AvgIpc) is 3.09. The molecule has 0 radical (unpaired) electrons. The number of carbonyl (C=O) groups is 2. The number of nitrogens with zero attached hydrogens (tertiary/aromatic N) is 2. The number of ether oxygens (including phenoxy) is 1. The molecular formula is C24H20N4O3. The third-order valence-electron chi connectivity index (χ3n) is 5.55. The standard InChI is InChI=1S/C24H20N4O3/c1-13(23(27)29)11-28-12-20-18(24(28)30)6-5-14-3-4-15(8-19(14)20)16-7-17(10-25)22(26)21(9-16)31-2/h3-9H,1,11-12,26H2,2H3,(H2,27,29). The summed E-state index contributed by atoms with van der Waals surface area (Å²) < 4.78 is 5.32. The van der Waals surface area contributed by atoms with Crippen LogP contribution in [0.15, 0.2) is 54.6 Å². The van der Waals surface area contributed by atoms with Gasteiger partial charge in [-0.25, -0.2) is 0 Å². The van der Waals surface area contributed by atoms with Crippen LogP contribution in [0.3, 0.4) is 0 Å². The number of benzene rings is 3. The van der Waals surface area contributed by atoms with E-state index in [0.29, 0.717) is 29.1 Å². The van der Waals surface area contributed by atoms with E-state index in [1.165, 1.54) is 7.11 Å². The molecule has 0 aliphatic carbocycles. The molecule has 4 N–H and O–H groups in total. The second kappa shape index (κ2) is 7.50. The lowest BCUT2D eigenvalue weighted by atomic mass is 9.95. The van der Waals surface area contributed by atoms with E-state index >= 15 is 0 Å². The first kappa shape index (κ1) is 20.0. The Morgan fingerprint density at radius 3 is 2.65 bits per heavy atom. The molecule has 1 aliphatic heterocycles. The first-order chi connectivity index (χ1) is 14.8. The maximum atomic E-state index is 12.8. The lowest BCUT2D eigenvalue weighted by Crippen LogP contribution is -2.30. The minimum atomic E-state index is -0.624. The molecule has 3 aromatic carbocycles. The minimum Gasteiger partial charge on any atom is -0.495 e. The van der Waals surface area contributed by atoms with Gasteiger partial charge in [-0.2, -0.15) is 5.26 Å². The van der Waals surface area contributed by atoms with Gasteiger partial charge in [0.2, 0.25) is 5.91 Å². The largest absolute Gasteiger partial charge is 0.495 e. The number of nitriles is 1. The number of primary amides is 1. The van der Waals surface area contributed by atoms with Gasteiger partial charge in [0.25, 0.3) is 5.91 Å². The van der Waals surface area contributed by atoms with Gasteiger partial charge in [0.1, 0.15) is 11.8 Å². The number of fused-ring (bicyclic) bond motifs is 3. The second-order valence-corrected chi connectivity index (χ2v) is 7.41. The van der Waals surface area contributed by atoms with Crippen molar-refractivity contribution in [3.63, 3.8) is 0 Å². The van der Waals surface area contributed by atoms with Crippen molar-refractivity contribution >= 4 is 28.3 Å². The quantitative estimate of drug-likeness (QED) is 0.493. The van der Waals surface area contributed by atoms with Crippen LogP contribution in [0.4, 0.5) is 5.69 Å².